The summed E-state index contributed by atoms with van der Waals surface area (Å²) in [6, 6.07) is 7.72. The van der Waals surface area contributed by atoms with Crippen molar-refractivity contribution in [1.82, 2.24) is 10.1 Å². The molecule has 5 heteroatoms. The largest absolute Gasteiger partial charge is 0.388 e. The van der Waals surface area contributed by atoms with Gasteiger partial charge in [-0.2, -0.15) is 4.98 Å². The highest BCUT2D eigenvalue weighted by atomic mass is 127. The summed E-state index contributed by atoms with van der Waals surface area (Å²) in [5.74, 6) is 0.742. The molecule has 0 spiro atoms. The van der Waals surface area contributed by atoms with Gasteiger partial charge in [-0.25, -0.2) is 0 Å². The van der Waals surface area contributed by atoms with Crippen LogP contribution >= 0.6 is 22.6 Å². The van der Waals surface area contributed by atoms with Crippen LogP contribution in [0, 0.1) is 3.57 Å². The molecule has 0 amide bonds. The van der Waals surface area contributed by atoms with Crippen molar-refractivity contribution in [3.05, 3.63) is 33.7 Å². The van der Waals surface area contributed by atoms with Gasteiger partial charge in [-0.3, -0.25) is 0 Å². The van der Waals surface area contributed by atoms with Gasteiger partial charge in [0, 0.05) is 9.13 Å². The van der Waals surface area contributed by atoms with Crippen molar-refractivity contribution in [2.75, 3.05) is 0 Å². The highest BCUT2D eigenvalue weighted by Gasteiger charge is 2.07. The third-order valence-corrected chi connectivity index (χ3v) is 2.35. The molecule has 1 aromatic heterocycles. The Labute approximate surface area is 94.1 Å². The van der Waals surface area contributed by atoms with E-state index in [0.717, 1.165) is 9.13 Å². The zero-order chi connectivity index (χ0) is 9.97. The van der Waals surface area contributed by atoms with Gasteiger partial charge in [0.1, 0.15) is 6.61 Å². The number of aromatic nitrogens is 2. The van der Waals surface area contributed by atoms with E-state index in [9.17, 15) is 0 Å². The van der Waals surface area contributed by atoms with Gasteiger partial charge in [0.2, 0.25) is 0 Å². The minimum Gasteiger partial charge on any atom is -0.388 e. The van der Waals surface area contributed by atoms with Gasteiger partial charge in [0.25, 0.3) is 5.89 Å². The van der Waals surface area contributed by atoms with Crippen molar-refractivity contribution in [2.45, 2.75) is 6.61 Å². The molecular formula is C9H7IN2O2. The van der Waals surface area contributed by atoms with E-state index in [1.165, 1.54) is 0 Å². The maximum absolute atomic E-state index is 8.77. The molecular weight excluding hydrogens is 295 g/mol. The van der Waals surface area contributed by atoms with Crippen molar-refractivity contribution in [1.29, 1.82) is 0 Å². The summed E-state index contributed by atoms with van der Waals surface area (Å²) in [5.41, 5.74) is 0.865. The third kappa shape index (κ3) is 1.93. The van der Waals surface area contributed by atoms with Crippen LogP contribution < -0.4 is 0 Å². The molecule has 0 aliphatic carbocycles. The SMILES string of the molecule is OCc1noc(-c2cccc(I)c2)n1. The number of halogens is 1. The molecule has 0 fully saturated rings. The molecule has 0 unspecified atom stereocenters. The first-order chi connectivity index (χ1) is 6.79. The predicted octanol–water partition coefficient (Wildman–Crippen LogP) is 1.83. The lowest BCUT2D eigenvalue weighted by atomic mass is 10.2. The molecule has 14 heavy (non-hydrogen) atoms. The lowest BCUT2D eigenvalue weighted by Crippen LogP contribution is -1.85. The number of hydrogen-bond donors (Lipinski definition) is 1. The molecule has 0 radical (unpaired) electrons. The van der Waals surface area contributed by atoms with Crippen LogP contribution in [-0.2, 0) is 6.61 Å². The van der Waals surface area contributed by atoms with E-state index in [4.69, 9.17) is 9.63 Å². The molecule has 1 N–H and O–H groups in total. The summed E-state index contributed by atoms with van der Waals surface area (Å²) in [6.07, 6.45) is 0. The standard InChI is InChI=1S/C9H7IN2O2/c10-7-3-1-2-6(4-7)9-11-8(5-13)12-14-9/h1-4,13H,5H2. The Morgan fingerprint density at radius 1 is 1.43 bits per heavy atom. The van der Waals surface area contributed by atoms with E-state index in [1.807, 2.05) is 24.3 Å². The quantitative estimate of drug-likeness (QED) is 0.860. The maximum Gasteiger partial charge on any atom is 0.258 e. The minimum absolute atomic E-state index is 0.201. The average Bonchev–Trinajstić information content (AvgIpc) is 2.66. The fraction of sp³-hybridized carbons (Fsp3) is 0.111. The lowest BCUT2D eigenvalue weighted by Gasteiger charge is -1.93. The van der Waals surface area contributed by atoms with Crippen LogP contribution in [0.2, 0.25) is 0 Å². The third-order valence-electron chi connectivity index (χ3n) is 1.68. The molecule has 0 atom stereocenters. The topological polar surface area (TPSA) is 59.2 Å². The van der Waals surface area contributed by atoms with E-state index in [1.54, 1.807) is 0 Å². The van der Waals surface area contributed by atoms with Crippen LogP contribution in [0.5, 0.6) is 0 Å². The van der Waals surface area contributed by atoms with Gasteiger partial charge in [-0.1, -0.05) is 11.2 Å². The van der Waals surface area contributed by atoms with E-state index >= 15 is 0 Å². The van der Waals surface area contributed by atoms with Crippen molar-refractivity contribution >= 4 is 22.6 Å². The Morgan fingerprint density at radius 3 is 2.93 bits per heavy atom. The van der Waals surface area contributed by atoms with Gasteiger partial charge in [-0.05, 0) is 40.8 Å². The van der Waals surface area contributed by atoms with E-state index in [2.05, 4.69) is 32.7 Å². The smallest absolute Gasteiger partial charge is 0.258 e. The molecule has 72 valence electrons. The molecule has 4 nitrogen and oxygen atoms in total. The van der Waals surface area contributed by atoms with Gasteiger partial charge >= 0.3 is 0 Å². The zero-order valence-electron chi connectivity index (χ0n) is 7.14. The molecule has 0 saturated carbocycles. The van der Waals surface area contributed by atoms with Crippen LogP contribution in [0.1, 0.15) is 5.82 Å². The van der Waals surface area contributed by atoms with Crippen LogP contribution in [0.15, 0.2) is 28.8 Å². The molecule has 0 aliphatic heterocycles. The summed E-state index contributed by atoms with van der Waals surface area (Å²) in [4.78, 5) is 4.01. The highest BCUT2D eigenvalue weighted by molar-refractivity contribution is 14.1. The first-order valence-electron chi connectivity index (χ1n) is 3.99. The maximum atomic E-state index is 8.77. The number of rotatable bonds is 2. The second-order valence-electron chi connectivity index (χ2n) is 2.68. The Bertz CT molecular complexity index is 442. The van der Waals surface area contributed by atoms with E-state index < -0.39 is 0 Å². The van der Waals surface area contributed by atoms with Gasteiger partial charge < -0.3 is 9.63 Å². The lowest BCUT2D eigenvalue weighted by molar-refractivity contribution is 0.264. The van der Waals surface area contributed by atoms with Crippen LogP contribution in [0.25, 0.3) is 11.5 Å². The molecule has 2 aromatic rings. The van der Waals surface area contributed by atoms with Crippen molar-refractivity contribution < 1.29 is 9.63 Å². The summed E-state index contributed by atoms with van der Waals surface area (Å²) < 4.78 is 6.07. The average molecular weight is 302 g/mol. The second-order valence-corrected chi connectivity index (χ2v) is 3.93. The summed E-state index contributed by atoms with van der Waals surface area (Å²) in [7, 11) is 0. The number of aliphatic hydroxyl groups is 1. The Morgan fingerprint density at radius 2 is 2.29 bits per heavy atom. The molecule has 1 aromatic carbocycles. The first-order valence-corrected chi connectivity index (χ1v) is 5.07. The monoisotopic (exact) mass is 302 g/mol. The summed E-state index contributed by atoms with van der Waals surface area (Å²) in [5, 5.41) is 12.4. The molecule has 2 rings (SSSR count). The fourth-order valence-corrected chi connectivity index (χ4v) is 1.60. The fourth-order valence-electron chi connectivity index (χ4n) is 1.06. The molecule has 0 bridgehead atoms. The zero-order valence-corrected chi connectivity index (χ0v) is 9.30. The van der Waals surface area contributed by atoms with Crippen LogP contribution in [-0.4, -0.2) is 15.2 Å². The van der Waals surface area contributed by atoms with Crippen molar-refractivity contribution in [3.63, 3.8) is 0 Å². The number of nitrogens with zero attached hydrogens (tertiary/aromatic N) is 2. The second kappa shape index (κ2) is 4.05. The molecule has 1 heterocycles. The van der Waals surface area contributed by atoms with Gasteiger partial charge in [-0.15, -0.1) is 0 Å². The number of benzene rings is 1. The summed E-state index contributed by atoms with van der Waals surface area (Å²) >= 11 is 2.21. The number of hydrogen-bond acceptors (Lipinski definition) is 4. The highest BCUT2D eigenvalue weighted by Crippen LogP contribution is 2.19. The van der Waals surface area contributed by atoms with Crippen LogP contribution in [0.3, 0.4) is 0 Å². The van der Waals surface area contributed by atoms with Gasteiger partial charge in [0.05, 0.1) is 0 Å². The van der Waals surface area contributed by atoms with Gasteiger partial charge in [0.15, 0.2) is 5.82 Å². The summed E-state index contributed by atoms with van der Waals surface area (Å²) in [6.45, 7) is -0.201. The predicted molar refractivity (Wildman–Crippen MR) is 58.4 cm³/mol. The molecule has 0 saturated heterocycles. The Kier molecular flexibility index (Phi) is 2.78. The normalized spacial score (nSPS) is 10.4. The Hall–Kier alpha value is -0.950. The van der Waals surface area contributed by atoms with Crippen LogP contribution in [0.4, 0.5) is 0 Å². The molecule has 0 aliphatic rings. The van der Waals surface area contributed by atoms with Crippen molar-refractivity contribution in [3.8, 4) is 11.5 Å². The first kappa shape index (κ1) is 9.60. The number of aliphatic hydroxyl groups excluding tert-OH is 1. The van der Waals surface area contributed by atoms with E-state index in [0.29, 0.717) is 11.7 Å². The van der Waals surface area contributed by atoms with E-state index in [-0.39, 0.29) is 6.61 Å². The van der Waals surface area contributed by atoms with Crippen molar-refractivity contribution in [2.24, 2.45) is 0 Å². The Balaban J connectivity index is 2.39. The minimum atomic E-state index is -0.201.